The zero-order valence-electron chi connectivity index (χ0n) is 14.3. The van der Waals surface area contributed by atoms with Crippen LogP contribution in [0.1, 0.15) is 48.7 Å². The Labute approximate surface area is 152 Å². The predicted molar refractivity (Wildman–Crippen MR) is 100 cm³/mol. The maximum atomic E-state index is 13.0. The van der Waals surface area contributed by atoms with Crippen molar-refractivity contribution in [3.05, 3.63) is 52.5 Å². The topological polar surface area (TPSA) is 68.0 Å². The summed E-state index contributed by atoms with van der Waals surface area (Å²) >= 11 is 1.59. The van der Waals surface area contributed by atoms with Gasteiger partial charge in [0.05, 0.1) is 0 Å². The number of benzene rings is 1. The number of amides is 1. The van der Waals surface area contributed by atoms with Crippen LogP contribution < -0.4 is 11.1 Å². The molecule has 0 radical (unpaired) electrons. The van der Waals surface area contributed by atoms with Crippen LogP contribution in [0.5, 0.6) is 0 Å². The molecule has 2 saturated carbocycles. The van der Waals surface area contributed by atoms with E-state index in [1.165, 1.54) is 19.3 Å². The number of aromatic nitrogens is 1. The number of hydrogen-bond acceptors (Lipinski definition) is 4. The molecule has 1 aromatic heterocycles. The third-order valence-electron chi connectivity index (χ3n) is 5.90. The second-order valence-electron chi connectivity index (χ2n) is 7.42. The molecule has 3 N–H and O–H groups in total. The van der Waals surface area contributed by atoms with Crippen molar-refractivity contribution in [2.45, 2.75) is 44.2 Å². The third-order valence-corrected chi connectivity index (χ3v) is 6.74. The molecule has 3 unspecified atom stereocenters. The molecule has 4 nitrogen and oxygen atoms in total. The number of hydrogen-bond donors (Lipinski definition) is 2. The summed E-state index contributed by atoms with van der Waals surface area (Å²) in [4.78, 5) is 17.5. The molecule has 2 fully saturated rings. The highest BCUT2D eigenvalue weighted by molar-refractivity contribution is 7.09. The Bertz CT molecular complexity index is 689. The molecule has 0 saturated heterocycles. The van der Waals surface area contributed by atoms with E-state index in [9.17, 15) is 4.79 Å². The van der Waals surface area contributed by atoms with Crippen LogP contribution in [0, 0.1) is 17.8 Å². The monoisotopic (exact) mass is 355 g/mol. The molecule has 1 amide bonds. The van der Waals surface area contributed by atoms with Crippen LogP contribution in [0.3, 0.4) is 0 Å². The van der Waals surface area contributed by atoms with Gasteiger partial charge in [-0.15, -0.1) is 11.3 Å². The summed E-state index contributed by atoms with van der Waals surface area (Å²) in [5, 5.41) is 6.17. The zero-order chi connectivity index (χ0) is 17.2. The molecule has 132 valence electrons. The Balaban J connectivity index is 1.51. The molecule has 2 bridgehead atoms. The van der Waals surface area contributed by atoms with E-state index in [0.717, 1.165) is 23.4 Å². The highest BCUT2D eigenvalue weighted by Gasteiger charge is 2.41. The van der Waals surface area contributed by atoms with Crippen molar-refractivity contribution in [1.29, 1.82) is 0 Å². The van der Waals surface area contributed by atoms with Crippen molar-refractivity contribution in [2.24, 2.45) is 23.5 Å². The first-order chi connectivity index (χ1) is 12.2. The van der Waals surface area contributed by atoms with Crippen molar-refractivity contribution in [2.75, 3.05) is 0 Å². The molecule has 3 atom stereocenters. The van der Waals surface area contributed by atoms with Gasteiger partial charge >= 0.3 is 0 Å². The smallest absolute Gasteiger partial charge is 0.223 e. The second kappa shape index (κ2) is 7.26. The highest BCUT2D eigenvalue weighted by atomic mass is 32.1. The summed E-state index contributed by atoms with van der Waals surface area (Å²) in [5.74, 6) is 1.27. The van der Waals surface area contributed by atoms with Crippen LogP contribution in [0.15, 0.2) is 41.9 Å². The fraction of sp³-hybridized carbons (Fsp3) is 0.500. The first-order valence-corrected chi connectivity index (χ1v) is 10.1. The van der Waals surface area contributed by atoms with Crippen LogP contribution in [-0.2, 0) is 4.79 Å². The van der Waals surface area contributed by atoms with E-state index in [1.54, 1.807) is 17.5 Å². The van der Waals surface area contributed by atoms with Crippen molar-refractivity contribution >= 4 is 17.2 Å². The standard InChI is InChI=1S/C20H25N3OS/c21-17-14-7-4-8-15(17)12-16(11-14)19(24)23-18(20-22-9-10-25-20)13-5-2-1-3-6-13/h1-3,5-6,9-10,14-18H,4,7-8,11-12,21H2,(H,23,24). The molecule has 25 heavy (non-hydrogen) atoms. The SMILES string of the molecule is NC1C2CCCC1CC(C(=O)NC(c1ccccc1)c1nccs1)C2. The maximum Gasteiger partial charge on any atom is 0.223 e. The van der Waals surface area contributed by atoms with Crippen LogP contribution >= 0.6 is 11.3 Å². The van der Waals surface area contributed by atoms with Gasteiger partial charge in [-0.3, -0.25) is 4.79 Å². The van der Waals surface area contributed by atoms with Gasteiger partial charge in [-0.2, -0.15) is 0 Å². The van der Waals surface area contributed by atoms with Crippen LogP contribution in [0.25, 0.3) is 0 Å². The van der Waals surface area contributed by atoms with E-state index in [2.05, 4.69) is 22.4 Å². The Morgan fingerprint density at radius 2 is 1.92 bits per heavy atom. The van der Waals surface area contributed by atoms with E-state index in [-0.39, 0.29) is 17.9 Å². The molecular formula is C20H25N3OS. The Hall–Kier alpha value is -1.72. The number of nitrogens with two attached hydrogens (primary N) is 1. The molecule has 1 heterocycles. The van der Waals surface area contributed by atoms with Gasteiger partial charge < -0.3 is 11.1 Å². The number of nitrogens with one attached hydrogen (secondary N) is 1. The first kappa shape index (κ1) is 16.7. The molecule has 4 rings (SSSR count). The number of nitrogens with zero attached hydrogens (tertiary/aromatic N) is 1. The largest absolute Gasteiger partial charge is 0.342 e. The summed E-state index contributed by atoms with van der Waals surface area (Å²) in [6.45, 7) is 0. The van der Waals surface area contributed by atoms with Crippen molar-refractivity contribution < 1.29 is 4.79 Å². The van der Waals surface area contributed by atoms with Gasteiger partial charge in [-0.05, 0) is 43.1 Å². The molecule has 2 aliphatic carbocycles. The van der Waals surface area contributed by atoms with E-state index >= 15 is 0 Å². The Morgan fingerprint density at radius 3 is 2.56 bits per heavy atom. The predicted octanol–water partition coefficient (Wildman–Crippen LogP) is 3.50. The maximum absolute atomic E-state index is 13.0. The van der Waals surface area contributed by atoms with E-state index in [4.69, 9.17) is 5.73 Å². The summed E-state index contributed by atoms with van der Waals surface area (Å²) in [6.07, 6.45) is 7.28. The summed E-state index contributed by atoms with van der Waals surface area (Å²) in [7, 11) is 0. The fourth-order valence-electron chi connectivity index (χ4n) is 4.57. The average molecular weight is 356 g/mol. The minimum absolute atomic E-state index is 0.0845. The molecule has 2 aliphatic rings. The fourth-order valence-corrected chi connectivity index (χ4v) is 5.29. The number of carbonyl (C=O) groups is 1. The van der Waals surface area contributed by atoms with Gasteiger partial charge in [0.2, 0.25) is 5.91 Å². The van der Waals surface area contributed by atoms with E-state index in [0.29, 0.717) is 17.9 Å². The molecule has 1 aromatic carbocycles. The van der Waals surface area contributed by atoms with Gasteiger partial charge in [-0.1, -0.05) is 36.8 Å². The normalized spacial score (nSPS) is 29.8. The van der Waals surface area contributed by atoms with Gasteiger partial charge in [0.1, 0.15) is 11.0 Å². The lowest BCUT2D eigenvalue weighted by Crippen LogP contribution is -2.49. The molecule has 5 heteroatoms. The average Bonchev–Trinajstić information content (AvgIpc) is 3.14. The number of carbonyl (C=O) groups excluding carboxylic acids is 1. The van der Waals surface area contributed by atoms with Crippen molar-refractivity contribution in [3.8, 4) is 0 Å². The van der Waals surface area contributed by atoms with Crippen LogP contribution in [0.4, 0.5) is 0 Å². The number of rotatable bonds is 4. The minimum Gasteiger partial charge on any atom is -0.342 e. The lowest BCUT2D eigenvalue weighted by atomic mass is 9.65. The van der Waals surface area contributed by atoms with Gasteiger partial charge in [0.15, 0.2) is 0 Å². The third kappa shape index (κ3) is 3.48. The lowest BCUT2D eigenvalue weighted by molar-refractivity contribution is -0.128. The van der Waals surface area contributed by atoms with Crippen molar-refractivity contribution in [3.63, 3.8) is 0 Å². The zero-order valence-corrected chi connectivity index (χ0v) is 15.1. The van der Waals surface area contributed by atoms with E-state index < -0.39 is 0 Å². The van der Waals surface area contributed by atoms with Crippen LogP contribution in [-0.4, -0.2) is 16.9 Å². The summed E-state index contributed by atoms with van der Waals surface area (Å²) in [6, 6.07) is 10.2. The highest BCUT2D eigenvalue weighted by Crippen LogP contribution is 2.42. The lowest BCUT2D eigenvalue weighted by Gasteiger charge is -2.43. The van der Waals surface area contributed by atoms with E-state index in [1.807, 2.05) is 23.6 Å². The first-order valence-electron chi connectivity index (χ1n) is 9.22. The minimum atomic E-state index is -0.163. The number of fused-ring (bicyclic) bond motifs is 2. The van der Waals surface area contributed by atoms with Gasteiger partial charge in [0, 0.05) is 23.5 Å². The Morgan fingerprint density at radius 1 is 1.20 bits per heavy atom. The molecule has 2 aromatic rings. The van der Waals surface area contributed by atoms with Gasteiger partial charge in [0.25, 0.3) is 0 Å². The van der Waals surface area contributed by atoms with Crippen molar-refractivity contribution in [1.82, 2.24) is 10.3 Å². The number of thiazole rings is 1. The molecule has 0 aliphatic heterocycles. The van der Waals surface area contributed by atoms with Gasteiger partial charge in [-0.25, -0.2) is 4.98 Å². The molecular weight excluding hydrogens is 330 g/mol. The van der Waals surface area contributed by atoms with Crippen LogP contribution in [0.2, 0.25) is 0 Å². The molecule has 0 spiro atoms. The quantitative estimate of drug-likeness (QED) is 0.882. The second-order valence-corrected chi connectivity index (χ2v) is 8.35. The Kier molecular flexibility index (Phi) is 4.86. The summed E-state index contributed by atoms with van der Waals surface area (Å²) in [5.41, 5.74) is 7.46. The summed E-state index contributed by atoms with van der Waals surface area (Å²) < 4.78 is 0.